The van der Waals surface area contributed by atoms with Crippen molar-refractivity contribution in [3.63, 3.8) is 0 Å². The van der Waals surface area contributed by atoms with Crippen LogP contribution < -0.4 is 16.6 Å². The molecule has 1 atom stereocenters. The SMILES string of the molecule is CCn1cnc2c1c(=O)n(CC(=O)NC(C)c1ccccc1F)c(=O)n2Cc1ccccc1. The van der Waals surface area contributed by atoms with Crippen molar-refractivity contribution in [2.75, 3.05) is 0 Å². The Bertz CT molecular complexity index is 1420. The Hall–Kier alpha value is -4.01. The van der Waals surface area contributed by atoms with E-state index in [1.54, 1.807) is 29.7 Å². The van der Waals surface area contributed by atoms with Gasteiger partial charge in [-0.15, -0.1) is 0 Å². The van der Waals surface area contributed by atoms with Gasteiger partial charge in [0.1, 0.15) is 12.4 Å². The molecular weight excluding hydrogens is 425 g/mol. The average Bonchev–Trinajstić information content (AvgIpc) is 3.24. The van der Waals surface area contributed by atoms with Crippen LogP contribution in [-0.4, -0.2) is 24.6 Å². The fourth-order valence-corrected chi connectivity index (χ4v) is 3.86. The third-order valence-electron chi connectivity index (χ3n) is 5.56. The number of imidazole rings is 1. The van der Waals surface area contributed by atoms with Crippen LogP contribution >= 0.6 is 0 Å². The maximum Gasteiger partial charge on any atom is 0.333 e. The quantitative estimate of drug-likeness (QED) is 0.469. The molecule has 0 aliphatic rings. The van der Waals surface area contributed by atoms with Gasteiger partial charge >= 0.3 is 5.69 Å². The molecule has 0 aliphatic carbocycles. The first kappa shape index (κ1) is 22.2. The number of aromatic nitrogens is 4. The Labute approximate surface area is 188 Å². The third-order valence-corrected chi connectivity index (χ3v) is 5.56. The molecule has 2 aromatic carbocycles. The van der Waals surface area contributed by atoms with Gasteiger partial charge < -0.3 is 9.88 Å². The largest absolute Gasteiger partial charge is 0.348 e. The van der Waals surface area contributed by atoms with E-state index < -0.39 is 35.6 Å². The molecule has 33 heavy (non-hydrogen) atoms. The summed E-state index contributed by atoms with van der Waals surface area (Å²) < 4.78 is 18.0. The number of amides is 1. The van der Waals surface area contributed by atoms with Crippen LogP contribution in [0.1, 0.15) is 31.0 Å². The summed E-state index contributed by atoms with van der Waals surface area (Å²) in [5, 5.41) is 2.67. The van der Waals surface area contributed by atoms with E-state index >= 15 is 0 Å². The highest BCUT2D eigenvalue weighted by molar-refractivity contribution is 5.77. The molecule has 8 nitrogen and oxygen atoms in total. The van der Waals surface area contributed by atoms with Crippen molar-refractivity contribution in [2.24, 2.45) is 0 Å². The number of benzene rings is 2. The van der Waals surface area contributed by atoms with Crippen LogP contribution in [-0.2, 0) is 24.4 Å². The highest BCUT2D eigenvalue weighted by Gasteiger charge is 2.21. The molecule has 0 aliphatic heterocycles. The second-order valence-corrected chi connectivity index (χ2v) is 7.76. The van der Waals surface area contributed by atoms with Gasteiger partial charge in [0.25, 0.3) is 5.56 Å². The number of halogens is 1. The van der Waals surface area contributed by atoms with Gasteiger partial charge in [-0.05, 0) is 25.5 Å². The van der Waals surface area contributed by atoms with Gasteiger partial charge in [0.15, 0.2) is 11.2 Å². The summed E-state index contributed by atoms with van der Waals surface area (Å²) in [6, 6.07) is 14.8. The maximum atomic E-state index is 14.1. The lowest BCUT2D eigenvalue weighted by molar-refractivity contribution is -0.122. The zero-order valence-corrected chi connectivity index (χ0v) is 18.4. The molecule has 2 aromatic heterocycles. The predicted octanol–water partition coefficient (Wildman–Crippen LogP) is 2.44. The van der Waals surface area contributed by atoms with Gasteiger partial charge in [0, 0.05) is 12.1 Å². The first-order valence-electron chi connectivity index (χ1n) is 10.7. The molecule has 0 fully saturated rings. The topological polar surface area (TPSA) is 90.9 Å². The molecule has 170 valence electrons. The standard InChI is InChI=1S/C24H24FN5O3/c1-3-28-15-26-22-21(28)23(32)30(24(33)29(22)13-17-9-5-4-6-10-17)14-20(31)27-16(2)18-11-7-8-12-19(18)25/h4-12,15-16H,3,13-14H2,1-2H3,(H,27,31). The first-order valence-corrected chi connectivity index (χ1v) is 10.7. The third kappa shape index (κ3) is 4.34. The van der Waals surface area contributed by atoms with Crippen LogP contribution in [0.15, 0.2) is 70.5 Å². The molecule has 0 bridgehead atoms. The number of hydrogen-bond donors (Lipinski definition) is 1. The Balaban J connectivity index is 1.72. The Morgan fingerprint density at radius 3 is 2.45 bits per heavy atom. The number of carbonyl (C=O) groups excluding carboxylic acids is 1. The van der Waals surface area contributed by atoms with E-state index in [0.29, 0.717) is 12.1 Å². The summed E-state index contributed by atoms with van der Waals surface area (Å²) in [6.45, 7) is 3.69. The summed E-state index contributed by atoms with van der Waals surface area (Å²) in [5.74, 6) is -1.01. The summed E-state index contributed by atoms with van der Waals surface area (Å²) in [6.07, 6.45) is 1.51. The minimum atomic E-state index is -0.633. The number of aryl methyl sites for hydroxylation is 1. The van der Waals surface area contributed by atoms with Gasteiger partial charge in [-0.2, -0.15) is 0 Å². The van der Waals surface area contributed by atoms with Crippen LogP contribution in [0.2, 0.25) is 0 Å². The van der Waals surface area contributed by atoms with E-state index in [9.17, 15) is 18.8 Å². The molecule has 0 radical (unpaired) electrons. The number of carbonyl (C=O) groups is 1. The predicted molar refractivity (Wildman–Crippen MR) is 122 cm³/mol. The van der Waals surface area contributed by atoms with Crippen LogP contribution in [0.3, 0.4) is 0 Å². The monoisotopic (exact) mass is 449 g/mol. The van der Waals surface area contributed by atoms with Gasteiger partial charge in [-0.1, -0.05) is 48.5 Å². The van der Waals surface area contributed by atoms with Crippen molar-refractivity contribution >= 4 is 17.1 Å². The zero-order chi connectivity index (χ0) is 23.5. The van der Waals surface area contributed by atoms with E-state index in [-0.39, 0.29) is 17.7 Å². The second kappa shape index (κ2) is 9.23. The van der Waals surface area contributed by atoms with Gasteiger partial charge in [-0.3, -0.25) is 14.2 Å². The van der Waals surface area contributed by atoms with E-state index in [2.05, 4.69) is 10.3 Å². The van der Waals surface area contributed by atoms with E-state index in [0.717, 1.165) is 10.1 Å². The number of rotatable bonds is 7. The van der Waals surface area contributed by atoms with Crippen LogP contribution in [0.4, 0.5) is 4.39 Å². The van der Waals surface area contributed by atoms with Crippen LogP contribution in [0.25, 0.3) is 11.2 Å². The molecule has 1 unspecified atom stereocenters. The average molecular weight is 449 g/mol. The molecule has 1 N–H and O–H groups in total. The van der Waals surface area contributed by atoms with Crippen molar-refractivity contribution in [1.82, 2.24) is 24.0 Å². The van der Waals surface area contributed by atoms with Crippen molar-refractivity contribution in [3.05, 3.63) is 98.7 Å². The minimum absolute atomic E-state index is 0.199. The summed E-state index contributed by atoms with van der Waals surface area (Å²) in [4.78, 5) is 43.5. The van der Waals surface area contributed by atoms with Gasteiger partial charge in [-0.25, -0.2) is 18.7 Å². The minimum Gasteiger partial charge on any atom is -0.348 e. The van der Waals surface area contributed by atoms with Crippen molar-refractivity contribution in [1.29, 1.82) is 0 Å². The Morgan fingerprint density at radius 2 is 1.76 bits per heavy atom. The van der Waals surface area contributed by atoms with Crippen molar-refractivity contribution < 1.29 is 9.18 Å². The number of hydrogen-bond acceptors (Lipinski definition) is 4. The Kier molecular flexibility index (Phi) is 6.21. The van der Waals surface area contributed by atoms with Gasteiger partial charge in [0.2, 0.25) is 5.91 Å². The van der Waals surface area contributed by atoms with Crippen LogP contribution in [0, 0.1) is 5.82 Å². The molecule has 1 amide bonds. The molecule has 4 aromatic rings. The van der Waals surface area contributed by atoms with Crippen molar-refractivity contribution in [3.8, 4) is 0 Å². The number of fused-ring (bicyclic) bond motifs is 1. The zero-order valence-electron chi connectivity index (χ0n) is 18.4. The maximum absolute atomic E-state index is 14.1. The molecule has 0 saturated carbocycles. The fourth-order valence-electron chi connectivity index (χ4n) is 3.86. The summed E-state index contributed by atoms with van der Waals surface area (Å²) in [5.41, 5.74) is 0.475. The van der Waals surface area contributed by atoms with E-state index in [1.807, 2.05) is 37.3 Å². The van der Waals surface area contributed by atoms with E-state index in [4.69, 9.17) is 0 Å². The smallest absolute Gasteiger partial charge is 0.333 e. The van der Waals surface area contributed by atoms with Gasteiger partial charge in [0.05, 0.1) is 18.9 Å². The normalized spacial score (nSPS) is 12.1. The van der Waals surface area contributed by atoms with Crippen molar-refractivity contribution in [2.45, 2.75) is 39.5 Å². The molecule has 0 saturated heterocycles. The lowest BCUT2D eigenvalue weighted by Crippen LogP contribution is -2.44. The lowest BCUT2D eigenvalue weighted by atomic mass is 10.1. The summed E-state index contributed by atoms with van der Waals surface area (Å²) in [7, 11) is 0. The molecule has 9 heteroatoms. The number of nitrogens with zero attached hydrogens (tertiary/aromatic N) is 4. The molecule has 4 rings (SSSR count). The van der Waals surface area contributed by atoms with Crippen LogP contribution in [0.5, 0.6) is 0 Å². The molecule has 0 spiro atoms. The van der Waals surface area contributed by atoms with E-state index in [1.165, 1.54) is 17.0 Å². The lowest BCUT2D eigenvalue weighted by Gasteiger charge is -2.16. The number of nitrogens with one attached hydrogen (secondary N) is 1. The Morgan fingerprint density at radius 1 is 1.06 bits per heavy atom. The summed E-state index contributed by atoms with van der Waals surface area (Å²) >= 11 is 0. The molecular formula is C24H24FN5O3. The fraction of sp³-hybridized carbons (Fsp3) is 0.250. The second-order valence-electron chi connectivity index (χ2n) is 7.76. The highest BCUT2D eigenvalue weighted by atomic mass is 19.1. The highest BCUT2D eigenvalue weighted by Crippen LogP contribution is 2.16. The molecule has 2 heterocycles. The first-order chi connectivity index (χ1) is 15.9.